The van der Waals surface area contributed by atoms with Crippen molar-refractivity contribution in [3.63, 3.8) is 0 Å². The summed E-state index contributed by atoms with van der Waals surface area (Å²) < 4.78 is 5.29. The Morgan fingerprint density at radius 1 is 1.18 bits per heavy atom. The molecule has 0 atom stereocenters. The summed E-state index contributed by atoms with van der Waals surface area (Å²) >= 11 is 3.00. The lowest BCUT2D eigenvalue weighted by Crippen LogP contribution is -1.82. The van der Waals surface area contributed by atoms with Gasteiger partial charge in [-0.3, -0.25) is 0 Å². The van der Waals surface area contributed by atoms with Crippen molar-refractivity contribution in [2.45, 2.75) is 6.61 Å². The summed E-state index contributed by atoms with van der Waals surface area (Å²) in [5.74, 6) is 0.764. The van der Waals surface area contributed by atoms with Crippen LogP contribution in [0.3, 0.4) is 0 Å². The van der Waals surface area contributed by atoms with Crippen LogP contribution in [0.1, 0.15) is 5.69 Å². The lowest BCUT2D eigenvalue weighted by molar-refractivity contribution is 0.278. The largest absolute Gasteiger partial charge is 0.462 e. The molecule has 0 aromatic carbocycles. The third-order valence-corrected chi connectivity index (χ3v) is 3.94. The van der Waals surface area contributed by atoms with Crippen LogP contribution < -0.4 is 0 Å². The number of aromatic nitrogens is 2. The predicted molar refractivity (Wildman–Crippen MR) is 66.8 cm³/mol. The molecule has 0 amide bonds. The molecule has 3 aromatic rings. The quantitative estimate of drug-likeness (QED) is 0.790. The average Bonchev–Trinajstić information content (AvgIpc) is 3.09. The van der Waals surface area contributed by atoms with Crippen LogP contribution in [0, 0.1) is 0 Å². The standard InChI is InChI=1S/C11H8N2O2S2/c14-4-7-5-16-10(12-7)8-6-17-11(13-8)9-2-1-3-15-9/h1-3,5-6,14H,4H2. The highest BCUT2D eigenvalue weighted by atomic mass is 32.1. The normalized spacial score (nSPS) is 10.9. The number of thiazole rings is 2. The molecule has 3 heterocycles. The lowest BCUT2D eigenvalue weighted by Gasteiger charge is -1.88. The highest BCUT2D eigenvalue weighted by molar-refractivity contribution is 7.15. The number of aliphatic hydroxyl groups is 1. The topological polar surface area (TPSA) is 59.2 Å². The minimum Gasteiger partial charge on any atom is -0.462 e. The van der Waals surface area contributed by atoms with E-state index in [-0.39, 0.29) is 6.61 Å². The van der Waals surface area contributed by atoms with Gasteiger partial charge < -0.3 is 9.52 Å². The summed E-state index contributed by atoms with van der Waals surface area (Å²) in [4.78, 5) is 8.74. The van der Waals surface area contributed by atoms with E-state index in [1.165, 1.54) is 22.7 Å². The van der Waals surface area contributed by atoms with Gasteiger partial charge in [0.1, 0.15) is 10.7 Å². The first-order chi connectivity index (χ1) is 8.36. The zero-order valence-electron chi connectivity index (χ0n) is 8.66. The second-order valence-corrected chi connectivity index (χ2v) is 5.03. The molecule has 0 fully saturated rings. The molecule has 1 N–H and O–H groups in total. The van der Waals surface area contributed by atoms with E-state index in [4.69, 9.17) is 9.52 Å². The summed E-state index contributed by atoms with van der Waals surface area (Å²) in [7, 11) is 0. The van der Waals surface area contributed by atoms with Crippen LogP contribution in [-0.4, -0.2) is 15.1 Å². The van der Waals surface area contributed by atoms with Gasteiger partial charge in [0.2, 0.25) is 0 Å². The van der Waals surface area contributed by atoms with Crippen molar-refractivity contribution < 1.29 is 9.52 Å². The fourth-order valence-electron chi connectivity index (χ4n) is 1.38. The first-order valence-electron chi connectivity index (χ1n) is 4.92. The first kappa shape index (κ1) is 10.6. The van der Waals surface area contributed by atoms with Crippen molar-refractivity contribution in [1.29, 1.82) is 0 Å². The maximum absolute atomic E-state index is 8.96. The monoisotopic (exact) mass is 264 g/mol. The molecule has 0 saturated heterocycles. The Hall–Kier alpha value is -1.50. The third-order valence-electron chi connectivity index (χ3n) is 2.17. The fourth-order valence-corrected chi connectivity index (χ4v) is 3.00. The van der Waals surface area contributed by atoms with Gasteiger partial charge in [-0.05, 0) is 12.1 Å². The summed E-state index contributed by atoms with van der Waals surface area (Å²) in [6, 6.07) is 3.72. The van der Waals surface area contributed by atoms with E-state index in [1.807, 2.05) is 22.9 Å². The molecule has 0 aliphatic rings. The molecule has 0 unspecified atom stereocenters. The van der Waals surface area contributed by atoms with Gasteiger partial charge in [0.15, 0.2) is 10.8 Å². The van der Waals surface area contributed by atoms with Crippen LogP contribution in [0.25, 0.3) is 21.5 Å². The van der Waals surface area contributed by atoms with E-state index >= 15 is 0 Å². The van der Waals surface area contributed by atoms with Crippen molar-refractivity contribution >= 4 is 22.7 Å². The van der Waals surface area contributed by atoms with Gasteiger partial charge in [0.05, 0.1) is 18.6 Å². The van der Waals surface area contributed by atoms with E-state index in [0.29, 0.717) is 5.69 Å². The average molecular weight is 264 g/mol. The summed E-state index contributed by atoms with van der Waals surface area (Å²) in [5.41, 5.74) is 1.50. The van der Waals surface area contributed by atoms with Crippen molar-refractivity contribution in [3.05, 3.63) is 34.8 Å². The predicted octanol–water partition coefficient (Wildman–Crippen LogP) is 3.02. The fraction of sp³-hybridized carbons (Fsp3) is 0.0909. The molecule has 0 aliphatic heterocycles. The Morgan fingerprint density at radius 3 is 2.76 bits per heavy atom. The van der Waals surface area contributed by atoms with Gasteiger partial charge in [0, 0.05) is 10.8 Å². The number of nitrogens with zero attached hydrogens (tertiary/aromatic N) is 2. The van der Waals surface area contributed by atoms with Gasteiger partial charge in [-0.1, -0.05) is 0 Å². The molecule has 86 valence electrons. The number of furan rings is 1. The van der Waals surface area contributed by atoms with Crippen LogP contribution in [0.15, 0.2) is 33.6 Å². The molecular weight excluding hydrogens is 256 g/mol. The highest BCUT2D eigenvalue weighted by Gasteiger charge is 2.11. The second kappa shape index (κ2) is 4.40. The molecular formula is C11H8N2O2S2. The number of hydrogen-bond acceptors (Lipinski definition) is 6. The van der Waals surface area contributed by atoms with Gasteiger partial charge in [0.25, 0.3) is 0 Å². The maximum Gasteiger partial charge on any atom is 0.162 e. The molecule has 4 nitrogen and oxygen atoms in total. The van der Waals surface area contributed by atoms with Crippen molar-refractivity contribution in [3.8, 4) is 21.5 Å². The summed E-state index contributed by atoms with van der Waals surface area (Å²) in [6.45, 7) is -0.0360. The van der Waals surface area contributed by atoms with E-state index in [2.05, 4.69) is 9.97 Å². The third kappa shape index (κ3) is 2.02. The SMILES string of the molecule is OCc1csc(-c2csc(-c3ccco3)n2)n1. The van der Waals surface area contributed by atoms with Crippen LogP contribution in [0.5, 0.6) is 0 Å². The summed E-state index contributed by atoms with van der Waals surface area (Å²) in [5, 5.41) is 14.4. The molecule has 0 spiro atoms. The Kier molecular flexibility index (Phi) is 2.76. The van der Waals surface area contributed by atoms with Gasteiger partial charge in [-0.25, -0.2) is 9.97 Å². The van der Waals surface area contributed by atoms with E-state index < -0.39 is 0 Å². The summed E-state index contributed by atoms with van der Waals surface area (Å²) in [6.07, 6.45) is 1.63. The van der Waals surface area contributed by atoms with Crippen molar-refractivity contribution in [2.24, 2.45) is 0 Å². The Morgan fingerprint density at radius 2 is 2.06 bits per heavy atom. The zero-order chi connectivity index (χ0) is 11.7. The maximum atomic E-state index is 8.96. The lowest BCUT2D eigenvalue weighted by atomic mass is 10.4. The molecule has 3 rings (SSSR count). The smallest absolute Gasteiger partial charge is 0.162 e. The van der Waals surface area contributed by atoms with Crippen LogP contribution >= 0.6 is 22.7 Å². The second-order valence-electron chi connectivity index (χ2n) is 3.32. The molecule has 0 bridgehead atoms. The van der Waals surface area contributed by atoms with E-state index in [1.54, 1.807) is 6.26 Å². The number of rotatable bonds is 3. The minimum absolute atomic E-state index is 0.0360. The Balaban J connectivity index is 1.94. The molecule has 0 radical (unpaired) electrons. The van der Waals surface area contributed by atoms with E-state index in [9.17, 15) is 0 Å². The highest BCUT2D eigenvalue weighted by Crippen LogP contribution is 2.30. The Labute approximate surface area is 105 Å². The van der Waals surface area contributed by atoms with Crippen molar-refractivity contribution in [1.82, 2.24) is 9.97 Å². The van der Waals surface area contributed by atoms with Gasteiger partial charge in [-0.2, -0.15) is 0 Å². The van der Waals surface area contributed by atoms with Crippen LogP contribution in [0.2, 0.25) is 0 Å². The first-order valence-corrected chi connectivity index (χ1v) is 6.68. The molecule has 0 saturated carbocycles. The van der Waals surface area contributed by atoms with Crippen LogP contribution in [0.4, 0.5) is 0 Å². The number of hydrogen-bond donors (Lipinski definition) is 1. The Bertz CT molecular complexity index is 613. The molecule has 0 aliphatic carbocycles. The molecule has 3 aromatic heterocycles. The van der Waals surface area contributed by atoms with Gasteiger partial charge in [-0.15, -0.1) is 22.7 Å². The van der Waals surface area contributed by atoms with Gasteiger partial charge >= 0.3 is 0 Å². The van der Waals surface area contributed by atoms with E-state index in [0.717, 1.165) is 21.5 Å². The number of aliphatic hydroxyl groups excluding tert-OH is 1. The minimum atomic E-state index is -0.0360. The molecule has 17 heavy (non-hydrogen) atoms. The van der Waals surface area contributed by atoms with Crippen LogP contribution in [-0.2, 0) is 6.61 Å². The molecule has 6 heteroatoms. The zero-order valence-corrected chi connectivity index (χ0v) is 10.3. The van der Waals surface area contributed by atoms with Crippen molar-refractivity contribution in [2.75, 3.05) is 0 Å².